The van der Waals surface area contributed by atoms with E-state index in [4.69, 9.17) is 5.11 Å². The lowest BCUT2D eigenvalue weighted by molar-refractivity contribution is -0.114. The summed E-state index contributed by atoms with van der Waals surface area (Å²) in [7, 11) is 0. The summed E-state index contributed by atoms with van der Waals surface area (Å²) in [6.45, 7) is 1.82. The molecule has 88 valence electrons. The number of carbonyl (C=O) groups is 2. The number of aliphatic hydroxyl groups is 1. The number of rotatable bonds is 5. The van der Waals surface area contributed by atoms with Gasteiger partial charge in [0, 0.05) is 25.5 Å². The van der Waals surface area contributed by atoms with Crippen molar-refractivity contribution in [1.29, 1.82) is 0 Å². The number of anilines is 1. The second-order valence-electron chi connectivity index (χ2n) is 3.05. The number of hydrogen-bond donors (Lipinski definition) is 3. The van der Waals surface area contributed by atoms with Crippen LogP contribution in [-0.2, 0) is 4.79 Å². The molecule has 0 aliphatic heterocycles. The van der Waals surface area contributed by atoms with Crippen molar-refractivity contribution < 1.29 is 14.7 Å². The Morgan fingerprint density at radius 3 is 2.94 bits per heavy atom. The van der Waals surface area contributed by atoms with Crippen LogP contribution in [0.2, 0.25) is 0 Å². The minimum atomic E-state index is -0.304. The van der Waals surface area contributed by atoms with E-state index >= 15 is 0 Å². The maximum absolute atomic E-state index is 11.5. The number of amides is 2. The lowest BCUT2D eigenvalue weighted by atomic mass is 10.4. The zero-order valence-corrected chi connectivity index (χ0v) is 9.63. The molecule has 0 aromatic carbocycles. The van der Waals surface area contributed by atoms with Gasteiger partial charge in [0.1, 0.15) is 5.69 Å². The molecule has 0 spiro atoms. The maximum atomic E-state index is 11.5. The third kappa shape index (κ3) is 3.95. The number of hydrogen-bond acceptors (Lipinski definition) is 5. The average molecular weight is 243 g/mol. The summed E-state index contributed by atoms with van der Waals surface area (Å²) < 4.78 is 0. The Hall–Kier alpha value is -1.47. The van der Waals surface area contributed by atoms with Gasteiger partial charge in [-0.05, 0) is 6.42 Å². The van der Waals surface area contributed by atoms with Crippen LogP contribution < -0.4 is 10.6 Å². The lowest BCUT2D eigenvalue weighted by Crippen LogP contribution is -2.25. The first-order valence-corrected chi connectivity index (χ1v) is 5.63. The van der Waals surface area contributed by atoms with Gasteiger partial charge in [0.25, 0.3) is 5.91 Å². The van der Waals surface area contributed by atoms with Gasteiger partial charge in [-0.15, -0.1) is 11.3 Å². The van der Waals surface area contributed by atoms with Gasteiger partial charge in [0.05, 0.1) is 0 Å². The summed E-state index contributed by atoms with van der Waals surface area (Å²) in [6, 6.07) is 0. The van der Waals surface area contributed by atoms with Crippen molar-refractivity contribution in [3.05, 3.63) is 11.1 Å². The SMILES string of the molecule is CC(=O)Nc1nc(C(=O)NCCCO)cs1. The molecule has 1 aromatic rings. The van der Waals surface area contributed by atoms with Gasteiger partial charge in [-0.25, -0.2) is 4.98 Å². The lowest BCUT2D eigenvalue weighted by Gasteiger charge is -2.00. The summed E-state index contributed by atoms with van der Waals surface area (Å²) in [6.07, 6.45) is 0.508. The predicted octanol–water partition coefficient (Wildman–Crippen LogP) is 0.214. The highest BCUT2D eigenvalue weighted by Crippen LogP contribution is 2.14. The van der Waals surface area contributed by atoms with E-state index < -0.39 is 0 Å². The number of nitrogens with zero attached hydrogens (tertiary/aromatic N) is 1. The van der Waals surface area contributed by atoms with Crippen molar-refractivity contribution >= 4 is 28.3 Å². The van der Waals surface area contributed by atoms with Crippen molar-refractivity contribution in [1.82, 2.24) is 10.3 Å². The van der Waals surface area contributed by atoms with E-state index in [-0.39, 0.29) is 24.1 Å². The quantitative estimate of drug-likeness (QED) is 0.645. The van der Waals surface area contributed by atoms with Crippen molar-refractivity contribution in [2.24, 2.45) is 0 Å². The van der Waals surface area contributed by atoms with Crippen LogP contribution in [0.3, 0.4) is 0 Å². The Morgan fingerprint density at radius 2 is 2.31 bits per heavy atom. The van der Waals surface area contributed by atoms with Gasteiger partial charge in [-0.2, -0.15) is 0 Å². The molecule has 0 saturated heterocycles. The van der Waals surface area contributed by atoms with Crippen molar-refractivity contribution in [2.45, 2.75) is 13.3 Å². The third-order valence-electron chi connectivity index (χ3n) is 1.64. The van der Waals surface area contributed by atoms with Crippen LogP contribution in [0.4, 0.5) is 5.13 Å². The standard InChI is InChI=1S/C9H13N3O3S/c1-6(14)11-9-12-7(5-16-9)8(15)10-3-2-4-13/h5,13H,2-4H2,1H3,(H,10,15)(H,11,12,14). The molecule has 7 heteroatoms. The zero-order valence-electron chi connectivity index (χ0n) is 8.82. The molecule has 0 aliphatic rings. The Morgan fingerprint density at radius 1 is 1.56 bits per heavy atom. The number of nitrogens with one attached hydrogen (secondary N) is 2. The van der Waals surface area contributed by atoms with E-state index in [0.717, 1.165) is 0 Å². The van der Waals surface area contributed by atoms with E-state index in [9.17, 15) is 9.59 Å². The Balaban J connectivity index is 2.49. The van der Waals surface area contributed by atoms with Crippen molar-refractivity contribution in [3.63, 3.8) is 0 Å². The normalized spacial score (nSPS) is 9.88. The third-order valence-corrected chi connectivity index (χ3v) is 2.40. The first kappa shape index (κ1) is 12.6. The van der Waals surface area contributed by atoms with Crippen LogP contribution >= 0.6 is 11.3 Å². The highest BCUT2D eigenvalue weighted by Gasteiger charge is 2.10. The molecule has 6 nitrogen and oxygen atoms in total. The molecular weight excluding hydrogens is 230 g/mol. The molecule has 1 rings (SSSR count). The van der Waals surface area contributed by atoms with Crippen LogP contribution in [0.1, 0.15) is 23.8 Å². The van der Waals surface area contributed by atoms with E-state index in [1.54, 1.807) is 5.38 Å². The van der Waals surface area contributed by atoms with Gasteiger partial charge >= 0.3 is 0 Å². The minimum Gasteiger partial charge on any atom is -0.396 e. The van der Waals surface area contributed by atoms with Crippen LogP contribution in [0.5, 0.6) is 0 Å². The topological polar surface area (TPSA) is 91.3 Å². The fourth-order valence-corrected chi connectivity index (χ4v) is 1.69. The summed E-state index contributed by atoms with van der Waals surface area (Å²) in [5, 5.41) is 15.6. The van der Waals surface area contributed by atoms with Crippen LogP contribution in [0.25, 0.3) is 0 Å². The second kappa shape index (κ2) is 6.19. The molecule has 0 atom stereocenters. The summed E-state index contributed by atoms with van der Waals surface area (Å²) in [5.41, 5.74) is 0.270. The molecule has 0 radical (unpaired) electrons. The van der Waals surface area contributed by atoms with E-state index in [2.05, 4.69) is 15.6 Å². The largest absolute Gasteiger partial charge is 0.396 e. The Bertz CT molecular complexity index is 378. The van der Waals surface area contributed by atoms with Gasteiger partial charge in [0.15, 0.2) is 5.13 Å². The summed E-state index contributed by atoms with van der Waals surface area (Å²) in [4.78, 5) is 26.1. The van der Waals surface area contributed by atoms with E-state index in [1.165, 1.54) is 18.3 Å². The molecule has 1 heterocycles. The van der Waals surface area contributed by atoms with E-state index in [0.29, 0.717) is 18.1 Å². The minimum absolute atomic E-state index is 0.0362. The van der Waals surface area contributed by atoms with Crippen LogP contribution in [0.15, 0.2) is 5.38 Å². The van der Waals surface area contributed by atoms with Gasteiger partial charge in [0.2, 0.25) is 5.91 Å². The molecule has 0 saturated carbocycles. The zero-order chi connectivity index (χ0) is 12.0. The van der Waals surface area contributed by atoms with Crippen LogP contribution in [-0.4, -0.2) is 35.1 Å². The Labute approximate surface area is 96.7 Å². The molecule has 0 unspecified atom stereocenters. The number of carbonyl (C=O) groups excluding carboxylic acids is 2. The molecule has 1 aromatic heterocycles. The number of aliphatic hydroxyl groups excluding tert-OH is 1. The average Bonchev–Trinajstić information content (AvgIpc) is 2.65. The van der Waals surface area contributed by atoms with Gasteiger partial charge in [-0.3, -0.25) is 9.59 Å². The monoisotopic (exact) mass is 243 g/mol. The van der Waals surface area contributed by atoms with Crippen LogP contribution in [0, 0.1) is 0 Å². The smallest absolute Gasteiger partial charge is 0.270 e. The molecule has 2 amide bonds. The fraction of sp³-hybridized carbons (Fsp3) is 0.444. The van der Waals surface area contributed by atoms with E-state index in [1.807, 2.05) is 0 Å². The number of thiazole rings is 1. The maximum Gasteiger partial charge on any atom is 0.270 e. The summed E-state index contributed by atoms with van der Waals surface area (Å²) in [5.74, 6) is -0.525. The predicted molar refractivity (Wildman–Crippen MR) is 60.5 cm³/mol. The molecule has 0 bridgehead atoms. The Kier molecular flexibility index (Phi) is 4.87. The number of aromatic nitrogens is 1. The molecule has 16 heavy (non-hydrogen) atoms. The van der Waals surface area contributed by atoms with Gasteiger partial charge < -0.3 is 15.7 Å². The molecular formula is C9H13N3O3S. The fourth-order valence-electron chi connectivity index (χ4n) is 0.958. The van der Waals surface area contributed by atoms with Crippen molar-refractivity contribution in [2.75, 3.05) is 18.5 Å². The molecule has 0 fully saturated rings. The molecule has 3 N–H and O–H groups in total. The first-order chi connectivity index (χ1) is 7.63. The highest BCUT2D eigenvalue weighted by molar-refractivity contribution is 7.14. The highest BCUT2D eigenvalue weighted by atomic mass is 32.1. The summed E-state index contributed by atoms with van der Waals surface area (Å²) >= 11 is 1.19. The van der Waals surface area contributed by atoms with Gasteiger partial charge in [-0.1, -0.05) is 0 Å². The molecule has 0 aliphatic carbocycles. The first-order valence-electron chi connectivity index (χ1n) is 4.75. The second-order valence-corrected chi connectivity index (χ2v) is 3.91. The van der Waals surface area contributed by atoms with Crippen molar-refractivity contribution in [3.8, 4) is 0 Å².